The lowest BCUT2D eigenvalue weighted by Crippen LogP contribution is -2.35. The molecule has 1 saturated carbocycles. The van der Waals surface area contributed by atoms with Crippen molar-refractivity contribution in [3.8, 4) is 0 Å². The Kier molecular flexibility index (Phi) is 5.41. The first-order valence-electron chi connectivity index (χ1n) is 7.71. The summed E-state index contributed by atoms with van der Waals surface area (Å²) in [5.41, 5.74) is 8.51. The molecule has 106 valence electrons. The molecule has 1 aromatic rings. The summed E-state index contributed by atoms with van der Waals surface area (Å²) >= 11 is 0. The Morgan fingerprint density at radius 1 is 1.21 bits per heavy atom. The van der Waals surface area contributed by atoms with Crippen molar-refractivity contribution in [1.82, 2.24) is 4.90 Å². The van der Waals surface area contributed by atoms with Crippen LogP contribution in [-0.4, -0.2) is 18.0 Å². The maximum atomic E-state index is 5.83. The Balaban J connectivity index is 1.98. The molecule has 1 aliphatic rings. The number of hydrogen-bond donors (Lipinski definition) is 1. The van der Waals surface area contributed by atoms with Gasteiger partial charge in [0.15, 0.2) is 0 Å². The van der Waals surface area contributed by atoms with Crippen molar-refractivity contribution >= 4 is 0 Å². The lowest BCUT2D eigenvalue weighted by Gasteiger charge is -2.35. The lowest BCUT2D eigenvalue weighted by molar-refractivity contribution is 0.149. The molecule has 2 nitrogen and oxygen atoms in total. The monoisotopic (exact) mass is 260 g/mol. The minimum absolute atomic E-state index is 0.645. The summed E-state index contributed by atoms with van der Waals surface area (Å²) in [5, 5.41) is 0. The zero-order chi connectivity index (χ0) is 13.7. The van der Waals surface area contributed by atoms with E-state index in [9.17, 15) is 0 Å². The van der Waals surface area contributed by atoms with Gasteiger partial charge in [-0.15, -0.1) is 0 Å². The summed E-state index contributed by atoms with van der Waals surface area (Å²) in [6.45, 7) is 4.01. The van der Waals surface area contributed by atoms with Crippen LogP contribution in [0.25, 0.3) is 0 Å². The van der Waals surface area contributed by atoms with Gasteiger partial charge in [-0.2, -0.15) is 0 Å². The first-order valence-corrected chi connectivity index (χ1v) is 7.71. The second-order valence-corrected chi connectivity index (χ2v) is 5.98. The molecule has 0 bridgehead atoms. The minimum Gasteiger partial charge on any atom is -0.326 e. The number of rotatable bonds is 5. The molecule has 2 N–H and O–H groups in total. The minimum atomic E-state index is 0.645. The second-order valence-electron chi connectivity index (χ2n) is 5.98. The van der Waals surface area contributed by atoms with Gasteiger partial charge in [0, 0.05) is 19.1 Å². The van der Waals surface area contributed by atoms with Crippen molar-refractivity contribution in [3.63, 3.8) is 0 Å². The first kappa shape index (κ1) is 14.5. The molecule has 0 amide bonds. The first-order chi connectivity index (χ1) is 9.24. The van der Waals surface area contributed by atoms with E-state index in [-0.39, 0.29) is 0 Å². The van der Waals surface area contributed by atoms with Crippen LogP contribution in [-0.2, 0) is 13.1 Å². The molecule has 0 aromatic heterocycles. The van der Waals surface area contributed by atoms with E-state index in [0.29, 0.717) is 6.54 Å². The van der Waals surface area contributed by atoms with Crippen LogP contribution in [0.2, 0.25) is 0 Å². The highest BCUT2D eigenvalue weighted by atomic mass is 15.1. The fourth-order valence-electron chi connectivity index (χ4n) is 3.34. The Morgan fingerprint density at radius 2 is 1.95 bits per heavy atom. The summed E-state index contributed by atoms with van der Waals surface area (Å²) < 4.78 is 0. The predicted octanol–water partition coefficient (Wildman–Crippen LogP) is 3.55. The van der Waals surface area contributed by atoms with Crippen molar-refractivity contribution in [1.29, 1.82) is 0 Å². The molecule has 2 atom stereocenters. The van der Waals surface area contributed by atoms with E-state index in [1.165, 1.54) is 43.2 Å². The molecule has 0 spiro atoms. The van der Waals surface area contributed by atoms with Gasteiger partial charge >= 0.3 is 0 Å². The van der Waals surface area contributed by atoms with Gasteiger partial charge in [-0.1, -0.05) is 50.5 Å². The average Bonchev–Trinajstić information content (AvgIpc) is 2.47. The largest absolute Gasteiger partial charge is 0.326 e. The molecule has 0 saturated heterocycles. The average molecular weight is 260 g/mol. The van der Waals surface area contributed by atoms with Crippen LogP contribution in [0.5, 0.6) is 0 Å². The molecule has 2 rings (SSSR count). The van der Waals surface area contributed by atoms with E-state index in [2.05, 4.69) is 43.1 Å². The molecule has 0 aliphatic heterocycles. The van der Waals surface area contributed by atoms with Crippen LogP contribution in [0.4, 0.5) is 0 Å². The molecule has 1 fully saturated rings. The number of nitrogens with zero attached hydrogens (tertiary/aromatic N) is 1. The third kappa shape index (κ3) is 3.80. The van der Waals surface area contributed by atoms with Crippen molar-refractivity contribution in [2.24, 2.45) is 11.7 Å². The zero-order valence-corrected chi connectivity index (χ0v) is 12.4. The van der Waals surface area contributed by atoms with E-state index in [1.807, 2.05) is 0 Å². The summed E-state index contributed by atoms with van der Waals surface area (Å²) in [4.78, 5) is 2.54. The van der Waals surface area contributed by atoms with Crippen LogP contribution in [0.3, 0.4) is 0 Å². The van der Waals surface area contributed by atoms with Gasteiger partial charge in [0.05, 0.1) is 0 Å². The molecule has 0 heterocycles. The van der Waals surface area contributed by atoms with Gasteiger partial charge in [-0.25, -0.2) is 0 Å². The quantitative estimate of drug-likeness (QED) is 0.877. The van der Waals surface area contributed by atoms with E-state index in [0.717, 1.165) is 18.5 Å². The van der Waals surface area contributed by atoms with Gasteiger partial charge < -0.3 is 5.73 Å². The highest BCUT2D eigenvalue weighted by Gasteiger charge is 2.24. The highest BCUT2D eigenvalue weighted by Crippen LogP contribution is 2.30. The van der Waals surface area contributed by atoms with E-state index >= 15 is 0 Å². The number of nitrogens with two attached hydrogens (primary N) is 1. The third-order valence-corrected chi connectivity index (χ3v) is 4.71. The van der Waals surface area contributed by atoms with Crippen molar-refractivity contribution in [3.05, 3.63) is 35.4 Å². The smallest absolute Gasteiger partial charge is 0.0236 e. The fourth-order valence-corrected chi connectivity index (χ4v) is 3.34. The zero-order valence-electron chi connectivity index (χ0n) is 12.4. The Hall–Kier alpha value is -0.860. The molecule has 2 heteroatoms. The van der Waals surface area contributed by atoms with Gasteiger partial charge in [0.2, 0.25) is 0 Å². The summed E-state index contributed by atoms with van der Waals surface area (Å²) in [6.07, 6.45) is 6.89. The third-order valence-electron chi connectivity index (χ3n) is 4.71. The van der Waals surface area contributed by atoms with Crippen LogP contribution >= 0.6 is 0 Å². The Labute approximate surface area is 118 Å². The molecule has 1 aliphatic carbocycles. The molecular weight excluding hydrogens is 232 g/mol. The fraction of sp³-hybridized carbons (Fsp3) is 0.647. The van der Waals surface area contributed by atoms with E-state index in [4.69, 9.17) is 5.73 Å². The Morgan fingerprint density at radius 3 is 2.63 bits per heavy atom. The number of hydrogen-bond acceptors (Lipinski definition) is 2. The summed E-state index contributed by atoms with van der Waals surface area (Å²) in [6, 6.07) is 9.33. The maximum absolute atomic E-state index is 5.83. The highest BCUT2D eigenvalue weighted by molar-refractivity contribution is 5.26. The topological polar surface area (TPSA) is 29.3 Å². The van der Waals surface area contributed by atoms with Gasteiger partial charge in [-0.3, -0.25) is 4.90 Å². The van der Waals surface area contributed by atoms with E-state index < -0.39 is 0 Å². The van der Waals surface area contributed by atoms with Crippen molar-refractivity contribution < 1.29 is 0 Å². The molecule has 1 aromatic carbocycles. The predicted molar refractivity (Wildman–Crippen MR) is 81.8 cm³/mol. The van der Waals surface area contributed by atoms with Gasteiger partial charge in [-0.05, 0) is 36.9 Å². The standard InChI is InChI=1S/C17H28N2/c1-3-14-7-6-10-17(11-14)19(2)13-16-9-5-4-8-15(16)12-18/h4-5,8-9,14,17H,3,6-7,10-13,18H2,1-2H3. The van der Waals surface area contributed by atoms with Crippen LogP contribution < -0.4 is 5.73 Å². The molecule has 2 unspecified atom stereocenters. The molecule has 19 heavy (non-hydrogen) atoms. The lowest BCUT2D eigenvalue weighted by atomic mass is 9.83. The maximum Gasteiger partial charge on any atom is 0.0236 e. The van der Waals surface area contributed by atoms with Crippen molar-refractivity contribution in [2.75, 3.05) is 7.05 Å². The summed E-state index contributed by atoms with van der Waals surface area (Å²) in [7, 11) is 2.27. The van der Waals surface area contributed by atoms with Crippen LogP contribution in [0, 0.1) is 5.92 Å². The van der Waals surface area contributed by atoms with E-state index in [1.54, 1.807) is 0 Å². The SMILES string of the molecule is CCC1CCCC(N(C)Cc2ccccc2CN)C1. The second kappa shape index (κ2) is 7.06. The molecular formula is C17H28N2. The Bertz CT molecular complexity index is 389. The van der Waals surface area contributed by atoms with Gasteiger partial charge in [0.25, 0.3) is 0 Å². The van der Waals surface area contributed by atoms with Gasteiger partial charge in [0.1, 0.15) is 0 Å². The molecule has 0 radical (unpaired) electrons. The van der Waals surface area contributed by atoms with Crippen LogP contribution in [0.1, 0.15) is 50.2 Å². The summed E-state index contributed by atoms with van der Waals surface area (Å²) in [5.74, 6) is 0.936. The number of benzene rings is 1. The normalized spacial score (nSPS) is 23.8. The van der Waals surface area contributed by atoms with Crippen molar-refractivity contribution in [2.45, 2.75) is 58.2 Å². The van der Waals surface area contributed by atoms with Crippen LogP contribution in [0.15, 0.2) is 24.3 Å².